The molecule has 1 aromatic carbocycles. The highest BCUT2D eigenvalue weighted by molar-refractivity contribution is 9.10. The summed E-state index contributed by atoms with van der Waals surface area (Å²) in [5.41, 5.74) is 5.11. The number of rotatable bonds is 3. The van der Waals surface area contributed by atoms with E-state index in [-0.39, 0.29) is 16.6 Å². The van der Waals surface area contributed by atoms with Crippen molar-refractivity contribution in [2.24, 2.45) is 5.73 Å². The molecule has 0 aliphatic carbocycles. The van der Waals surface area contributed by atoms with Crippen molar-refractivity contribution in [3.8, 4) is 5.75 Å². The summed E-state index contributed by atoms with van der Waals surface area (Å²) in [4.78, 5) is 10.8. The molecule has 0 amide bonds. The zero-order chi connectivity index (χ0) is 11.6. The molecule has 0 aliphatic rings. The van der Waals surface area contributed by atoms with Crippen LogP contribution in [0.25, 0.3) is 0 Å². The minimum absolute atomic E-state index is 0.134. The molecule has 1 unspecified atom stereocenters. The van der Waals surface area contributed by atoms with Crippen LogP contribution in [0.5, 0.6) is 5.75 Å². The average molecular weight is 278 g/mol. The van der Waals surface area contributed by atoms with Gasteiger partial charge >= 0.3 is 5.97 Å². The van der Waals surface area contributed by atoms with E-state index >= 15 is 0 Å². The van der Waals surface area contributed by atoms with E-state index in [4.69, 9.17) is 15.9 Å². The van der Waals surface area contributed by atoms with Gasteiger partial charge in [-0.25, -0.2) is 4.39 Å². The Morgan fingerprint density at radius 1 is 1.60 bits per heavy atom. The molecule has 0 bridgehead atoms. The van der Waals surface area contributed by atoms with Crippen LogP contribution in [-0.2, 0) is 4.79 Å². The van der Waals surface area contributed by atoms with E-state index in [0.717, 1.165) is 6.07 Å². The van der Waals surface area contributed by atoms with Gasteiger partial charge in [0.1, 0.15) is 0 Å². The SMILES string of the molecule is NCC(C(=O)O)c1c(Br)ccc(O)c1F. The second-order valence-electron chi connectivity index (χ2n) is 2.92. The smallest absolute Gasteiger partial charge is 0.312 e. The van der Waals surface area contributed by atoms with Crippen LogP contribution in [0.15, 0.2) is 16.6 Å². The van der Waals surface area contributed by atoms with Crippen molar-refractivity contribution in [1.82, 2.24) is 0 Å². The van der Waals surface area contributed by atoms with Gasteiger partial charge in [0.05, 0.1) is 5.92 Å². The zero-order valence-electron chi connectivity index (χ0n) is 7.58. The van der Waals surface area contributed by atoms with Crippen molar-refractivity contribution >= 4 is 21.9 Å². The van der Waals surface area contributed by atoms with Crippen molar-refractivity contribution in [3.63, 3.8) is 0 Å². The predicted molar refractivity (Wildman–Crippen MR) is 55.2 cm³/mol. The topological polar surface area (TPSA) is 83.6 Å². The fourth-order valence-electron chi connectivity index (χ4n) is 1.22. The molecule has 82 valence electrons. The Bertz CT molecular complexity index is 397. The monoisotopic (exact) mass is 277 g/mol. The van der Waals surface area contributed by atoms with Crippen LogP contribution in [-0.4, -0.2) is 22.7 Å². The Morgan fingerprint density at radius 2 is 2.20 bits per heavy atom. The first kappa shape index (κ1) is 11.9. The number of carboxylic acids is 1. The van der Waals surface area contributed by atoms with E-state index in [2.05, 4.69) is 15.9 Å². The molecule has 0 saturated heterocycles. The number of phenols is 1. The van der Waals surface area contributed by atoms with Crippen molar-refractivity contribution in [2.75, 3.05) is 6.54 Å². The van der Waals surface area contributed by atoms with E-state index in [9.17, 15) is 9.18 Å². The summed E-state index contributed by atoms with van der Waals surface area (Å²) in [6, 6.07) is 2.51. The largest absolute Gasteiger partial charge is 0.505 e. The number of hydrogen-bond donors (Lipinski definition) is 3. The molecule has 0 aliphatic heterocycles. The first-order valence-corrected chi connectivity index (χ1v) is 4.88. The highest BCUT2D eigenvalue weighted by Crippen LogP contribution is 2.32. The minimum atomic E-state index is -1.23. The van der Waals surface area contributed by atoms with Crippen LogP contribution in [0.1, 0.15) is 11.5 Å². The van der Waals surface area contributed by atoms with E-state index < -0.39 is 23.5 Å². The molecule has 0 spiro atoms. The summed E-state index contributed by atoms with van der Waals surface area (Å²) in [6.07, 6.45) is 0. The van der Waals surface area contributed by atoms with Gasteiger partial charge in [-0.3, -0.25) is 4.79 Å². The van der Waals surface area contributed by atoms with Gasteiger partial charge in [0.2, 0.25) is 0 Å². The van der Waals surface area contributed by atoms with Gasteiger partial charge in [-0.05, 0) is 12.1 Å². The molecule has 0 radical (unpaired) electrons. The van der Waals surface area contributed by atoms with E-state index in [1.165, 1.54) is 6.07 Å². The van der Waals surface area contributed by atoms with Crippen LogP contribution in [0.4, 0.5) is 4.39 Å². The molecule has 0 heterocycles. The molecule has 0 fully saturated rings. The maximum absolute atomic E-state index is 13.5. The first-order chi connectivity index (χ1) is 6.99. The molecule has 1 atom stereocenters. The van der Waals surface area contributed by atoms with E-state index in [1.807, 2.05) is 0 Å². The second-order valence-corrected chi connectivity index (χ2v) is 3.78. The van der Waals surface area contributed by atoms with Crippen LogP contribution in [0.2, 0.25) is 0 Å². The van der Waals surface area contributed by atoms with Gasteiger partial charge in [0.25, 0.3) is 0 Å². The number of aromatic hydroxyl groups is 1. The molecule has 0 aromatic heterocycles. The Morgan fingerprint density at radius 3 is 2.67 bits per heavy atom. The number of halogens is 2. The minimum Gasteiger partial charge on any atom is -0.505 e. The Labute approximate surface area is 93.6 Å². The van der Waals surface area contributed by atoms with E-state index in [0.29, 0.717) is 0 Å². The van der Waals surface area contributed by atoms with Crippen LogP contribution in [0, 0.1) is 5.82 Å². The summed E-state index contributed by atoms with van der Waals surface area (Å²) in [6.45, 7) is -0.242. The third-order valence-electron chi connectivity index (χ3n) is 1.99. The highest BCUT2D eigenvalue weighted by atomic mass is 79.9. The third kappa shape index (κ3) is 2.27. The van der Waals surface area contributed by atoms with Gasteiger partial charge in [0.15, 0.2) is 11.6 Å². The quantitative estimate of drug-likeness (QED) is 0.780. The number of phenolic OH excluding ortho intramolecular Hbond substituents is 1. The van der Waals surface area contributed by atoms with Crippen LogP contribution < -0.4 is 5.73 Å². The lowest BCUT2D eigenvalue weighted by Gasteiger charge is -2.13. The normalized spacial score (nSPS) is 12.5. The first-order valence-electron chi connectivity index (χ1n) is 4.08. The number of carbonyl (C=O) groups is 1. The van der Waals surface area contributed by atoms with Gasteiger partial charge in [0, 0.05) is 16.6 Å². The fraction of sp³-hybridized carbons (Fsp3) is 0.222. The molecule has 1 aromatic rings. The third-order valence-corrected chi connectivity index (χ3v) is 2.68. The van der Waals surface area contributed by atoms with Crippen LogP contribution in [0.3, 0.4) is 0 Å². The fourth-order valence-corrected chi connectivity index (χ4v) is 1.80. The van der Waals surface area contributed by atoms with Crippen molar-refractivity contribution in [3.05, 3.63) is 28.0 Å². The standard InChI is InChI=1S/C9H9BrFNO3/c10-5-1-2-6(13)8(11)7(5)4(3-12)9(14)15/h1-2,4,13H,3,12H2,(H,14,15). The maximum atomic E-state index is 13.5. The van der Waals surface area contributed by atoms with Crippen molar-refractivity contribution in [2.45, 2.75) is 5.92 Å². The molecule has 1 rings (SSSR count). The molecule has 6 heteroatoms. The molecular formula is C9H9BrFNO3. The molecule has 15 heavy (non-hydrogen) atoms. The zero-order valence-corrected chi connectivity index (χ0v) is 9.16. The molecule has 4 N–H and O–H groups in total. The molecule has 0 saturated carbocycles. The number of benzene rings is 1. The Hall–Kier alpha value is -1.14. The van der Waals surface area contributed by atoms with Crippen molar-refractivity contribution < 1.29 is 19.4 Å². The van der Waals surface area contributed by atoms with Gasteiger partial charge in [-0.2, -0.15) is 0 Å². The summed E-state index contributed by atoms with van der Waals surface area (Å²) in [5, 5.41) is 17.9. The lowest BCUT2D eigenvalue weighted by Crippen LogP contribution is -2.22. The maximum Gasteiger partial charge on any atom is 0.312 e. The number of hydrogen-bond acceptors (Lipinski definition) is 3. The Kier molecular flexibility index (Phi) is 3.65. The number of carboxylic acid groups (broad SMARTS) is 1. The predicted octanol–water partition coefficient (Wildman–Crippen LogP) is 1.42. The van der Waals surface area contributed by atoms with Gasteiger partial charge in [-0.15, -0.1) is 0 Å². The van der Waals surface area contributed by atoms with Crippen molar-refractivity contribution in [1.29, 1.82) is 0 Å². The number of aliphatic carboxylic acids is 1. The summed E-state index contributed by atoms with van der Waals surface area (Å²) >= 11 is 3.02. The van der Waals surface area contributed by atoms with Gasteiger partial charge in [-0.1, -0.05) is 15.9 Å². The second kappa shape index (κ2) is 4.59. The van der Waals surface area contributed by atoms with Gasteiger partial charge < -0.3 is 15.9 Å². The highest BCUT2D eigenvalue weighted by Gasteiger charge is 2.25. The van der Waals surface area contributed by atoms with Crippen LogP contribution >= 0.6 is 15.9 Å². The Balaban J connectivity index is 3.34. The summed E-state index contributed by atoms with van der Waals surface area (Å²) in [5.74, 6) is -3.95. The number of nitrogens with two attached hydrogens (primary N) is 1. The summed E-state index contributed by atoms with van der Waals surface area (Å²) < 4.78 is 13.7. The lowest BCUT2D eigenvalue weighted by atomic mass is 9.98. The lowest BCUT2D eigenvalue weighted by molar-refractivity contribution is -0.138. The van der Waals surface area contributed by atoms with E-state index in [1.54, 1.807) is 0 Å². The summed E-state index contributed by atoms with van der Waals surface area (Å²) in [7, 11) is 0. The average Bonchev–Trinajstić information content (AvgIpc) is 2.18. The molecular weight excluding hydrogens is 269 g/mol. The molecule has 4 nitrogen and oxygen atoms in total.